The largest absolute Gasteiger partial charge is 0.508 e. The number of ether oxygens (including phenoxy) is 1. The number of Topliss-reactive ketones (excluding diaryl/α,β-unsaturated/α-hetero) is 1. The van der Waals surface area contributed by atoms with Crippen molar-refractivity contribution in [3.63, 3.8) is 0 Å². The number of phenols is 2. The summed E-state index contributed by atoms with van der Waals surface area (Å²) in [5.41, 5.74) is 0.207. The highest BCUT2D eigenvalue weighted by molar-refractivity contribution is 8.00. The monoisotopic (exact) mass is 290 g/mol. The third-order valence-electron chi connectivity index (χ3n) is 2.69. The normalized spacial score (nSPS) is 10.2. The van der Waals surface area contributed by atoms with E-state index in [1.54, 1.807) is 7.11 Å². The average Bonchev–Trinajstić information content (AvgIpc) is 2.45. The highest BCUT2D eigenvalue weighted by Gasteiger charge is 2.12. The molecule has 2 N–H and O–H groups in total. The molecule has 0 aromatic heterocycles. The van der Waals surface area contributed by atoms with Gasteiger partial charge in [0.2, 0.25) is 0 Å². The smallest absolute Gasteiger partial charge is 0.176 e. The molecule has 0 fully saturated rings. The Bertz CT molecular complexity index is 625. The van der Waals surface area contributed by atoms with Gasteiger partial charge in [-0.2, -0.15) is 0 Å². The molecule has 0 atom stereocenters. The Balaban J connectivity index is 2.04. The van der Waals surface area contributed by atoms with Gasteiger partial charge in [0.05, 0.1) is 18.4 Å². The van der Waals surface area contributed by atoms with E-state index in [1.165, 1.54) is 23.9 Å². The Hall–Kier alpha value is -2.14. The van der Waals surface area contributed by atoms with Gasteiger partial charge in [0.15, 0.2) is 5.78 Å². The van der Waals surface area contributed by atoms with Gasteiger partial charge in [-0.05, 0) is 30.3 Å². The summed E-state index contributed by atoms with van der Waals surface area (Å²) >= 11 is 1.36. The number of thioether (sulfide) groups is 1. The third kappa shape index (κ3) is 3.45. The third-order valence-corrected chi connectivity index (χ3v) is 3.69. The second-order valence-corrected chi connectivity index (χ2v) is 5.14. The highest BCUT2D eigenvalue weighted by Crippen LogP contribution is 2.27. The summed E-state index contributed by atoms with van der Waals surface area (Å²) in [6.45, 7) is 0. The molecule has 20 heavy (non-hydrogen) atoms. The first-order chi connectivity index (χ1) is 9.60. The van der Waals surface area contributed by atoms with Crippen LogP contribution in [0.4, 0.5) is 0 Å². The maximum Gasteiger partial charge on any atom is 0.176 e. The number of carbonyl (C=O) groups excluding carboxylic acids is 1. The molecule has 104 valence electrons. The van der Waals surface area contributed by atoms with Crippen LogP contribution in [0, 0.1) is 0 Å². The lowest BCUT2D eigenvalue weighted by Crippen LogP contribution is -2.02. The van der Waals surface area contributed by atoms with E-state index in [9.17, 15) is 15.0 Å². The Morgan fingerprint density at radius 3 is 2.70 bits per heavy atom. The standard InChI is InChI=1S/C15H14O4S/c1-19-11-3-2-4-12(8-11)20-9-15(18)13-6-5-10(16)7-14(13)17/h2-8,16-17H,9H2,1H3. The van der Waals surface area contributed by atoms with Crippen LogP contribution in [0.2, 0.25) is 0 Å². The molecule has 0 spiro atoms. The zero-order valence-corrected chi connectivity index (χ0v) is 11.7. The maximum absolute atomic E-state index is 12.0. The lowest BCUT2D eigenvalue weighted by Gasteiger charge is -2.06. The summed E-state index contributed by atoms with van der Waals surface area (Å²) in [6.07, 6.45) is 0. The minimum atomic E-state index is -0.207. The van der Waals surface area contributed by atoms with Crippen LogP contribution in [-0.2, 0) is 0 Å². The number of hydrogen-bond donors (Lipinski definition) is 2. The molecule has 2 aromatic rings. The van der Waals surface area contributed by atoms with Crippen LogP contribution in [-0.4, -0.2) is 28.9 Å². The van der Waals surface area contributed by atoms with E-state index >= 15 is 0 Å². The fraction of sp³-hybridized carbons (Fsp3) is 0.133. The molecule has 0 radical (unpaired) electrons. The molecule has 0 aliphatic heterocycles. The van der Waals surface area contributed by atoms with Gasteiger partial charge in [0.1, 0.15) is 17.2 Å². The van der Waals surface area contributed by atoms with Gasteiger partial charge < -0.3 is 14.9 Å². The molecular weight excluding hydrogens is 276 g/mol. The van der Waals surface area contributed by atoms with E-state index in [0.717, 1.165) is 16.7 Å². The minimum absolute atomic E-state index is 0.0699. The van der Waals surface area contributed by atoms with Crippen molar-refractivity contribution in [1.29, 1.82) is 0 Å². The molecule has 0 saturated heterocycles. The topological polar surface area (TPSA) is 66.8 Å². The van der Waals surface area contributed by atoms with Crippen LogP contribution in [0.5, 0.6) is 17.2 Å². The molecule has 2 aromatic carbocycles. The number of carbonyl (C=O) groups is 1. The molecule has 5 heteroatoms. The van der Waals surface area contributed by atoms with Crippen molar-refractivity contribution < 1.29 is 19.7 Å². The van der Waals surface area contributed by atoms with E-state index in [0.29, 0.717) is 0 Å². The summed E-state index contributed by atoms with van der Waals surface area (Å²) in [6, 6.07) is 11.4. The van der Waals surface area contributed by atoms with E-state index in [4.69, 9.17) is 4.74 Å². The van der Waals surface area contributed by atoms with Gasteiger partial charge >= 0.3 is 0 Å². The summed E-state index contributed by atoms with van der Waals surface area (Å²) in [5, 5.41) is 18.8. The first kappa shape index (κ1) is 14.3. The van der Waals surface area contributed by atoms with Crippen LogP contribution >= 0.6 is 11.8 Å². The molecule has 0 aliphatic carbocycles. The second kappa shape index (κ2) is 6.34. The van der Waals surface area contributed by atoms with Crippen LogP contribution in [0.25, 0.3) is 0 Å². The average molecular weight is 290 g/mol. The summed E-state index contributed by atoms with van der Waals surface area (Å²) < 4.78 is 5.11. The van der Waals surface area contributed by atoms with Crippen molar-refractivity contribution >= 4 is 17.5 Å². The van der Waals surface area contributed by atoms with Crippen LogP contribution in [0.15, 0.2) is 47.4 Å². The summed E-state index contributed by atoms with van der Waals surface area (Å²) in [4.78, 5) is 12.9. The van der Waals surface area contributed by atoms with Crippen LogP contribution in [0.1, 0.15) is 10.4 Å². The molecule has 0 aliphatic rings. The SMILES string of the molecule is COc1cccc(SCC(=O)c2ccc(O)cc2O)c1. The lowest BCUT2D eigenvalue weighted by molar-refractivity contribution is 0.102. The quantitative estimate of drug-likeness (QED) is 0.654. The number of phenolic OH excluding ortho intramolecular Hbond substituents is 2. The van der Waals surface area contributed by atoms with Gasteiger partial charge in [-0.25, -0.2) is 0 Å². The molecule has 0 amide bonds. The van der Waals surface area contributed by atoms with E-state index in [2.05, 4.69) is 0 Å². The number of rotatable bonds is 5. The number of aromatic hydroxyl groups is 2. The molecule has 0 unspecified atom stereocenters. The van der Waals surface area contributed by atoms with E-state index in [-0.39, 0.29) is 28.6 Å². The van der Waals surface area contributed by atoms with Gasteiger partial charge in [-0.1, -0.05) is 6.07 Å². The first-order valence-electron chi connectivity index (χ1n) is 5.92. The summed E-state index contributed by atoms with van der Waals surface area (Å²) in [7, 11) is 1.59. The minimum Gasteiger partial charge on any atom is -0.508 e. The molecule has 0 heterocycles. The Labute approximate surface area is 121 Å². The number of benzene rings is 2. The Morgan fingerprint density at radius 2 is 2.00 bits per heavy atom. The molecule has 2 rings (SSSR count). The Kier molecular flexibility index (Phi) is 4.53. The maximum atomic E-state index is 12.0. The van der Waals surface area contributed by atoms with Gasteiger partial charge in [0.25, 0.3) is 0 Å². The number of hydrogen-bond acceptors (Lipinski definition) is 5. The number of methoxy groups -OCH3 is 1. The van der Waals surface area contributed by atoms with Crippen LogP contribution in [0.3, 0.4) is 0 Å². The zero-order chi connectivity index (χ0) is 14.5. The molecule has 0 bridgehead atoms. The van der Waals surface area contributed by atoms with E-state index in [1.807, 2.05) is 24.3 Å². The van der Waals surface area contributed by atoms with Gasteiger partial charge in [0, 0.05) is 11.0 Å². The molecule has 4 nitrogen and oxygen atoms in total. The lowest BCUT2D eigenvalue weighted by atomic mass is 10.1. The molecular formula is C15H14O4S. The van der Waals surface area contributed by atoms with Crippen molar-refractivity contribution in [3.05, 3.63) is 48.0 Å². The van der Waals surface area contributed by atoms with Gasteiger partial charge in [-0.3, -0.25) is 4.79 Å². The van der Waals surface area contributed by atoms with Crippen LogP contribution < -0.4 is 4.74 Å². The van der Waals surface area contributed by atoms with Crippen molar-refractivity contribution in [2.24, 2.45) is 0 Å². The van der Waals surface area contributed by atoms with Crippen molar-refractivity contribution in [3.8, 4) is 17.2 Å². The van der Waals surface area contributed by atoms with Crippen molar-refractivity contribution in [1.82, 2.24) is 0 Å². The first-order valence-corrected chi connectivity index (χ1v) is 6.91. The fourth-order valence-electron chi connectivity index (χ4n) is 1.67. The Morgan fingerprint density at radius 1 is 1.20 bits per heavy atom. The fourth-order valence-corrected chi connectivity index (χ4v) is 2.50. The highest BCUT2D eigenvalue weighted by atomic mass is 32.2. The van der Waals surface area contributed by atoms with Crippen molar-refractivity contribution in [2.45, 2.75) is 4.90 Å². The zero-order valence-electron chi connectivity index (χ0n) is 10.9. The second-order valence-electron chi connectivity index (χ2n) is 4.09. The molecule has 0 saturated carbocycles. The predicted octanol–water partition coefficient (Wildman–Crippen LogP) is 3.08. The summed E-state index contributed by atoms with van der Waals surface area (Å²) in [5.74, 6) is 0.455. The van der Waals surface area contributed by atoms with Gasteiger partial charge in [-0.15, -0.1) is 11.8 Å². The van der Waals surface area contributed by atoms with E-state index < -0.39 is 0 Å². The predicted molar refractivity (Wildman–Crippen MR) is 77.8 cm³/mol. The number of ketones is 1. The van der Waals surface area contributed by atoms with Crippen molar-refractivity contribution in [2.75, 3.05) is 12.9 Å².